The molecule has 152 valence electrons. The van der Waals surface area contributed by atoms with Crippen LogP contribution in [0.2, 0.25) is 5.02 Å². The highest BCUT2D eigenvalue weighted by Gasteiger charge is 2.22. The molecule has 2 rings (SSSR count). The van der Waals surface area contributed by atoms with Crippen LogP contribution in [0.3, 0.4) is 0 Å². The summed E-state index contributed by atoms with van der Waals surface area (Å²) >= 11 is 5.84. The Bertz CT molecular complexity index is 914. The van der Waals surface area contributed by atoms with Crippen LogP contribution in [-0.2, 0) is 19.5 Å². The third-order valence-electron chi connectivity index (χ3n) is 3.57. The third kappa shape index (κ3) is 6.12. The first kappa shape index (κ1) is 22.0. The Morgan fingerprint density at radius 1 is 1.14 bits per heavy atom. The molecule has 7 nitrogen and oxygen atoms in total. The Hall–Kier alpha value is -2.29. The highest BCUT2D eigenvalue weighted by atomic mass is 35.5. The third-order valence-corrected chi connectivity index (χ3v) is 5.24. The largest absolute Gasteiger partial charge is 0.459 e. The topological polar surface area (TPSA) is 93.7 Å². The summed E-state index contributed by atoms with van der Waals surface area (Å²) in [6, 6.07) is 10.6. The van der Waals surface area contributed by atoms with E-state index < -0.39 is 16.0 Å². The molecule has 0 amide bonds. The van der Waals surface area contributed by atoms with Crippen molar-refractivity contribution in [3.05, 3.63) is 53.1 Å². The number of sulfonamides is 1. The lowest BCUT2D eigenvalue weighted by Crippen LogP contribution is -2.18. The molecule has 28 heavy (non-hydrogen) atoms. The average Bonchev–Trinajstić information content (AvgIpc) is 2.63. The van der Waals surface area contributed by atoms with Crippen molar-refractivity contribution < 1.29 is 22.7 Å². The fraction of sp³-hybridized carbons (Fsp3) is 0.316. The van der Waals surface area contributed by atoms with Gasteiger partial charge in [-0.2, -0.15) is 0 Å². The molecular formula is C19H23ClN2O5S. The molecule has 0 atom stereocenters. The molecular weight excluding hydrogens is 404 g/mol. The van der Waals surface area contributed by atoms with Crippen LogP contribution in [0.25, 0.3) is 0 Å². The second-order valence-electron chi connectivity index (χ2n) is 6.20. The zero-order valence-electron chi connectivity index (χ0n) is 15.9. The van der Waals surface area contributed by atoms with Crippen molar-refractivity contribution in [3.8, 4) is 0 Å². The first-order valence-electron chi connectivity index (χ1n) is 8.59. The van der Waals surface area contributed by atoms with Crippen molar-refractivity contribution in [2.75, 3.05) is 30.3 Å². The monoisotopic (exact) mass is 426 g/mol. The van der Waals surface area contributed by atoms with E-state index in [1.807, 2.05) is 0 Å². The van der Waals surface area contributed by atoms with E-state index in [0.717, 1.165) is 0 Å². The molecule has 2 aromatic carbocycles. The summed E-state index contributed by atoms with van der Waals surface area (Å²) < 4.78 is 38.6. The lowest BCUT2D eigenvalue weighted by Gasteiger charge is -2.16. The first-order chi connectivity index (χ1) is 13.2. The molecule has 0 aromatic heterocycles. The Morgan fingerprint density at radius 3 is 2.43 bits per heavy atom. The minimum absolute atomic E-state index is 0.0724. The van der Waals surface area contributed by atoms with Crippen molar-refractivity contribution in [1.29, 1.82) is 0 Å². The molecule has 0 spiro atoms. The summed E-state index contributed by atoms with van der Waals surface area (Å²) in [4.78, 5) is 12.1. The van der Waals surface area contributed by atoms with E-state index in [4.69, 9.17) is 21.1 Å². The van der Waals surface area contributed by atoms with Crippen LogP contribution >= 0.6 is 11.6 Å². The van der Waals surface area contributed by atoms with Gasteiger partial charge in [0.25, 0.3) is 10.0 Å². The van der Waals surface area contributed by atoms with E-state index in [1.165, 1.54) is 18.2 Å². The lowest BCUT2D eigenvalue weighted by molar-refractivity contribution is 0.0377. The van der Waals surface area contributed by atoms with Gasteiger partial charge in [-0.05, 0) is 56.3 Å². The Morgan fingerprint density at radius 2 is 1.82 bits per heavy atom. The van der Waals surface area contributed by atoms with Crippen LogP contribution in [0.5, 0.6) is 0 Å². The number of esters is 1. The van der Waals surface area contributed by atoms with E-state index in [1.54, 1.807) is 45.2 Å². The van der Waals surface area contributed by atoms with Crippen molar-refractivity contribution in [3.63, 3.8) is 0 Å². The lowest BCUT2D eigenvalue weighted by atomic mass is 10.2. The van der Waals surface area contributed by atoms with Crippen molar-refractivity contribution in [1.82, 2.24) is 0 Å². The molecule has 0 bridgehead atoms. The highest BCUT2D eigenvalue weighted by Crippen LogP contribution is 2.26. The quantitative estimate of drug-likeness (QED) is 0.468. The number of nitrogens with one attached hydrogen (secondary N) is 2. The normalized spacial score (nSPS) is 11.3. The van der Waals surface area contributed by atoms with Gasteiger partial charge in [-0.1, -0.05) is 11.6 Å². The van der Waals surface area contributed by atoms with Gasteiger partial charge < -0.3 is 14.8 Å². The fourth-order valence-corrected chi connectivity index (χ4v) is 3.71. The predicted molar refractivity (Wildman–Crippen MR) is 110 cm³/mol. The number of benzene rings is 2. The van der Waals surface area contributed by atoms with E-state index >= 15 is 0 Å². The van der Waals surface area contributed by atoms with Crippen LogP contribution in [-0.4, -0.2) is 40.8 Å². The summed E-state index contributed by atoms with van der Waals surface area (Å²) in [5.41, 5.74) is 0.837. The van der Waals surface area contributed by atoms with Gasteiger partial charge in [0.2, 0.25) is 0 Å². The SMILES string of the molecule is COCCNc1ccc(C(=O)OC(C)C)cc1S(=O)(=O)Nc1ccc(Cl)cc1. The number of ether oxygens (including phenoxy) is 2. The molecule has 0 saturated heterocycles. The van der Waals surface area contributed by atoms with Crippen LogP contribution in [0, 0.1) is 0 Å². The summed E-state index contributed by atoms with van der Waals surface area (Å²) in [7, 11) is -2.43. The molecule has 0 unspecified atom stereocenters. The fourth-order valence-electron chi connectivity index (χ4n) is 2.32. The molecule has 2 aromatic rings. The molecule has 0 heterocycles. The number of hydrogen-bond acceptors (Lipinski definition) is 6. The Labute approximate surface area is 170 Å². The number of hydrogen-bond donors (Lipinski definition) is 2. The standard InChI is InChI=1S/C19H23ClN2O5S/c1-13(2)27-19(23)14-4-9-17(21-10-11-26-3)18(12-14)28(24,25)22-16-7-5-15(20)6-8-16/h4-9,12-13,21-22H,10-11H2,1-3H3. The minimum Gasteiger partial charge on any atom is -0.459 e. The summed E-state index contributed by atoms with van der Waals surface area (Å²) in [6.07, 6.45) is -0.320. The smallest absolute Gasteiger partial charge is 0.338 e. The van der Waals surface area contributed by atoms with Gasteiger partial charge in [-0.25, -0.2) is 13.2 Å². The van der Waals surface area contributed by atoms with Gasteiger partial charge in [-0.15, -0.1) is 0 Å². The van der Waals surface area contributed by atoms with E-state index in [0.29, 0.717) is 29.5 Å². The van der Waals surface area contributed by atoms with Gasteiger partial charge >= 0.3 is 5.97 Å². The summed E-state index contributed by atoms with van der Waals surface area (Å²) in [6.45, 7) is 4.23. The second kappa shape index (κ2) is 9.77. The van der Waals surface area contributed by atoms with E-state index in [9.17, 15) is 13.2 Å². The van der Waals surface area contributed by atoms with Gasteiger partial charge in [-0.3, -0.25) is 4.72 Å². The zero-order valence-corrected chi connectivity index (χ0v) is 17.4. The zero-order chi connectivity index (χ0) is 20.7. The van der Waals surface area contributed by atoms with Gasteiger partial charge in [0.05, 0.1) is 24.0 Å². The molecule has 0 fully saturated rings. The second-order valence-corrected chi connectivity index (χ2v) is 8.28. The molecule has 0 aliphatic carbocycles. The van der Waals surface area contributed by atoms with Crippen LogP contribution in [0.4, 0.5) is 11.4 Å². The molecule has 0 aliphatic heterocycles. The van der Waals surface area contributed by atoms with Crippen molar-refractivity contribution in [2.45, 2.75) is 24.8 Å². The molecule has 9 heteroatoms. The Kier molecular flexibility index (Phi) is 7.68. The van der Waals surface area contributed by atoms with Crippen LogP contribution in [0.15, 0.2) is 47.4 Å². The first-order valence-corrected chi connectivity index (χ1v) is 10.5. The highest BCUT2D eigenvalue weighted by molar-refractivity contribution is 7.92. The average molecular weight is 427 g/mol. The van der Waals surface area contributed by atoms with Crippen LogP contribution in [0.1, 0.15) is 24.2 Å². The minimum atomic E-state index is -3.98. The number of carbonyl (C=O) groups excluding carboxylic acids is 1. The summed E-state index contributed by atoms with van der Waals surface area (Å²) in [5.74, 6) is -0.596. The summed E-state index contributed by atoms with van der Waals surface area (Å²) in [5, 5.41) is 3.49. The molecule has 0 saturated carbocycles. The predicted octanol–water partition coefficient (Wildman–Crippen LogP) is 3.76. The van der Waals surface area contributed by atoms with Gasteiger partial charge in [0, 0.05) is 24.4 Å². The number of rotatable bonds is 9. The number of anilines is 2. The van der Waals surface area contributed by atoms with E-state index in [-0.39, 0.29) is 16.6 Å². The maximum absolute atomic E-state index is 13.0. The van der Waals surface area contributed by atoms with Gasteiger partial charge in [0.1, 0.15) is 4.90 Å². The number of carbonyl (C=O) groups is 1. The molecule has 0 radical (unpaired) electrons. The number of halogens is 1. The molecule has 0 aliphatic rings. The maximum atomic E-state index is 13.0. The van der Waals surface area contributed by atoms with Crippen LogP contribution < -0.4 is 10.0 Å². The maximum Gasteiger partial charge on any atom is 0.338 e. The molecule has 2 N–H and O–H groups in total. The number of methoxy groups -OCH3 is 1. The van der Waals surface area contributed by atoms with Crippen molar-refractivity contribution in [2.24, 2.45) is 0 Å². The van der Waals surface area contributed by atoms with E-state index in [2.05, 4.69) is 10.0 Å². The van der Waals surface area contributed by atoms with Gasteiger partial charge in [0.15, 0.2) is 0 Å². The Balaban J connectivity index is 2.40. The van der Waals surface area contributed by atoms with Crippen molar-refractivity contribution >= 4 is 39.0 Å².